The maximum Gasteiger partial charge on any atom is 0.161 e. The average molecular weight is 369 g/mol. The molecule has 3 rings (SSSR count). The van der Waals surface area contributed by atoms with Gasteiger partial charge in [0.2, 0.25) is 0 Å². The number of hydrogen-bond acceptors (Lipinski definition) is 4. The highest BCUT2D eigenvalue weighted by molar-refractivity contribution is 6.30. The maximum absolute atomic E-state index is 6.01. The Bertz CT molecular complexity index is 840. The predicted octanol–water partition coefficient (Wildman–Crippen LogP) is 4.61. The Morgan fingerprint density at radius 2 is 1.77 bits per heavy atom. The van der Waals surface area contributed by atoms with Crippen molar-refractivity contribution < 1.29 is 9.47 Å². The van der Waals surface area contributed by atoms with E-state index in [1.165, 1.54) is 0 Å². The molecule has 134 valence electrons. The van der Waals surface area contributed by atoms with Crippen LogP contribution >= 0.6 is 11.6 Å². The Labute approximate surface area is 158 Å². The third-order valence-corrected chi connectivity index (χ3v) is 4.13. The Kier molecular flexibility index (Phi) is 6.47. The van der Waals surface area contributed by atoms with Crippen molar-refractivity contribution >= 4 is 11.6 Å². The van der Waals surface area contributed by atoms with Crippen LogP contribution < -0.4 is 14.8 Å². The molecule has 3 aromatic rings. The maximum atomic E-state index is 6.01. The van der Waals surface area contributed by atoms with E-state index in [1.54, 1.807) is 13.3 Å². The minimum absolute atomic E-state index is 0.440. The fourth-order valence-corrected chi connectivity index (χ4v) is 2.80. The normalized spacial score (nSPS) is 10.5. The van der Waals surface area contributed by atoms with E-state index in [2.05, 4.69) is 10.3 Å². The van der Waals surface area contributed by atoms with Gasteiger partial charge in [0.1, 0.15) is 6.61 Å². The predicted molar refractivity (Wildman–Crippen MR) is 104 cm³/mol. The molecule has 0 saturated carbocycles. The number of halogens is 1. The Hall–Kier alpha value is -2.56. The first-order valence-electron chi connectivity index (χ1n) is 8.38. The number of pyridine rings is 1. The van der Waals surface area contributed by atoms with Gasteiger partial charge in [-0.05, 0) is 47.0 Å². The number of nitrogens with one attached hydrogen (secondary N) is 1. The highest BCUT2D eigenvalue weighted by Crippen LogP contribution is 2.29. The first kappa shape index (κ1) is 18.2. The number of rotatable bonds is 8. The van der Waals surface area contributed by atoms with E-state index in [9.17, 15) is 0 Å². The summed E-state index contributed by atoms with van der Waals surface area (Å²) in [5, 5.41) is 4.10. The molecule has 0 unspecified atom stereocenters. The van der Waals surface area contributed by atoms with Crippen molar-refractivity contribution in [1.29, 1.82) is 0 Å². The van der Waals surface area contributed by atoms with Crippen molar-refractivity contribution in [2.75, 3.05) is 7.11 Å². The van der Waals surface area contributed by atoms with Gasteiger partial charge in [0.15, 0.2) is 11.5 Å². The highest BCUT2D eigenvalue weighted by atomic mass is 35.5. The lowest BCUT2D eigenvalue weighted by atomic mass is 10.2. The third kappa shape index (κ3) is 5.22. The summed E-state index contributed by atoms with van der Waals surface area (Å²) in [6.45, 7) is 1.94. The summed E-state index contributed by atoms with van der Waals surface area (Å²) in [4.78, 5) is 4.12. The molecule has 0 amide bonds. The summed E-state index contributed by atoms with van der Waals surface area (Å²) in [5.41, 5.74) is 3.29. The number of hydrogen-bond donors (Lipinski definition) is 1. The van der Waals surface area contributed by atoms with Gasteiger partial charge in [0.05, 0.1) is 7.11 Å². The summed E-state index contributed by atoms with van der Waals surface area (Å²) >= 11 is 6.01. The van der Waals surface area contributed by atoms with Crippen molar-refractivity contribution in [3.05, 3.63) is 88.7 Å². The summed E-state index contributed by atoms with van der Waals surface area (Å²) in [6.07, 6.45) is 3.64. The number of aromatic nitrogens is 1. The van der Waals surface area contributed by atoms with E-state index in [0.29, 0.717) is 23.1 Å². The monoisotopic (exact) mass is 368 g/mol. The van der Waals surface area contributed by atoms with Gasteiger partial charge in [-0.1, -0.05) is 35.9 Å². The molecule has 2 aromatic carbocycles. The van der Waals surface area contributed by atoms with Gasteiger partial charge >= 0.3 is 0 Å². The third-order valence-electron chi connectivity index (χ3n) is 3.89. The first-order chi connectivity index (χ1) is 12.7. The molecule has 0 bridgehead atoms. The number of ether oxygens (including phenoxy) is 2. The molecule has 0 aliphatic rings. The number of benzene rings is 2. The quantitative estimate of drug-likeness (QED) is 0.630. The van der Waals surface area contributed by atoms with E-state index in [0.717, 1.165) is 29.8 Å². The lowest BCUT2D eigenvalue weighted by Crippen LogP contribution is -2.12. The van der Waals surface area contributed by atoms with Crippen LogP contribution in [0.25, 0.3) is 0 Å². The minimum atomic E-state index is 0.440. The van der Waals surface area contributed by atoms with Crippen LogP contribution in [0.3, 0.4) is 0 Å². The standard InChI is InChI=1S/C21H21ClN2O2/c1-25-21-11-16(12-24-14-18-5-3-9-23-13-18)7-8-20(21)26-15-17-4-2-6-19(22)10-17/h2-11,13,24H,12,14-15H2,1H3. The molecular weight excluding hydrogens is 348 g/mol. The van der Waals surface area contributed by atoms with Gasteiger partial charge in [-0.25, -0.2) is 0 Å². The molecule has 26 heavy (non-hydrogen) atoms. The molecule has 0 aliphatic carbocycles. The number of nitrogens with zero attached hydrogens (tertiary/aromatic N) is 1. The summed E-state index contributed by atoms with van der Waals surface area (Å²) < 4.78 is 11.4. The molecule has 1 aromatic heterocycles. The summed E-state index contributed by atoms with van der Waals surface area (Å²) in [7, 11) is 1.65. The lowest BCUT2D eigenvalue weighted by Gasteiger charge is -2.13. The van der Waals surface area contributed by atoms with Crippen LogP contribution in [0.2, 0.25) is 5.02 Å². The molecule has 0 aliphatic heterocycles. The van der Waals surface area contributed by atoms with Gasteiger partial charge in [0, 0.05) is 30.5 Å². The van der Waals surface area contributed by atoms with E-state index in [-0.39, 0.29) is 0 Å². The molecule has 1 N–H and O–H groups in total. The van der Waals surface area contributed by atoms with E-state index in [4.69, 9.17) is 21.1 Å². The zero-order chi connectivity index (χ0) is 18.2. The Morgan fingerprint density at radius 3 is 2.54 bits per heavy atom. The summed E-state index contributed by atoms with van der Waals surface area (Å²) in [6, 6.07) is 17.6. The Balaban J connectivity index is 1.58. The second-order valence-corrected chi connectivity index (χ2v) is 6.31. The zero-order valence-corrected chi connectivity index (χ0v) is 15.4. The van der Waals surface area contributed by atoms with Gasteiger partial charge in [0.25, 0.3) is 0 Å². The largest absolute Gasteiger partial charge is 0.493 e. The van der Waals surface area contributed by atoms with Crippen molar-refractivity contribution in [3.8, 4) is 11.5 Å². The fourth-order valence-electron chi connectivity index (χ4n) is 2.58. The van der Waals surface area contributed by atoms with Crippen molar-refractivity contribution in [1.82, 2.24) is 10.3 Å². The molecule has 0 saturated heterocycles. The zero-order valence-electron chi connectivity index (χ0n) is 14.6. The van der Waals surface area contributed by atoms with Gasteiger partial charge < -0.3 is 14.8 Å². The molecule has 0 atom stereocenters. The minimum Gasteiger partial charge on any atom is -0.493 e. The van der Waals surface area contributed by atoms with Crippen LogP contribution in [-0.4, -0.2) is 12.1 Å². The molecule has 1 heterocycles. The van der Waals surface area contributed by atoms with Crippen molar-refractivity contribution in [3.63, 3.8) is 0 Å². The first-order valence-corrected chi connectivity index (χ1v) is 8.76. The van der Waals surface area contributed by atoms with Gasteiger partial charge in [-0.15, -0.1) is 0 Å². The SMILES string of the molecule is COc1cc(CNCc2cccnc2)ccc1OCc1cccc(Cl)c1. The van der Waals surface area contributed by atoms with Crippen molar-refractivity contribution in [2.45, 2.75) is 19.7 Å². The molecule has 4 nitrogen and oxygen atoms in total. The average Bonchev–Trinajstić information content (AvgIpc) is 2.67. The van der Waals surface area contributed by atoms with Crippen LogP contribution in [-0.2, 0) is 19.7 Å². The van der Waals surface area contributed by atoms with Crippen LogP contribution in [0, 0.1) is 0 Å². The van der Waals surface area contributed by atoms with Crippen LogP contribution in [0.5, 0.6) is 11.5 Å². The topological polar surface area (TPSA) is 43.4 Å². The molecule has 0 spiro atoms. The Morgan fingerprint density at radius 1 is 0.923 bits per heavy atom. The molecule has 0 fully saturated rings. The van der Waals surface area contributed by atoms with Crippen LogP contribution in [0.1, 0.15) is 16.7 Å². The second kappa shape index (κ2) is 9.22. The lowest BCUT2D eigenvalue weighted by molar-refractivity contribution is 0.284. The van der Waals surface area contributed by atoms with Crippen LogP contribution in [0.4, 0.5) is 0 Å². The number of methoxy groups -OCH3 is 1. The smallest absolute Gasteiger partial charge is 0.161 e. The summed E-state index contributed by atoms with van der Waals surface area (Å²) in [5.74, 6) is 1.43. The van der Waals surface area contributed by atoms with Gasteiger partial charge in [-0.3, -0.25) is 4.98 Å². The van der Waals surface area contributed by atoms with E-state index >= 15 is 0 Å². The fraction of sp³-hybridized carbons (Fsp3) is 0.190. The van der Waals surface area contributed by atoms with E-state index in [1.807, 2.05) is 60.8 Å². The van der Waals surface area contributed by atoms with Crippen molar-refractivity contribution in [2.24, 2.45) is 0 Å². The second-order valence-electron chi connectivity index (χ2n) is 5.87. The van der Waals surface area contributed by atoms with Gasteiger partial charge in [-0.2, -0.15) is 0 Å². The molecule has 0 radical (unpaired) electrons. The van der Waals surface area contributed by atoms with E-state index < -0.39 is 0 Å². The highest BCUT2D eigenvalue weighted by Gasteiger charge is 2.07. The molecule has 5 heteroatoms. The van der Waals surface area contributed by atoms with Crippen LogP contribution in [0.15, 0.2) is 67.0 Å². The molecular formula is C21H21ClN2O2.